The lowest BCUT2D eigenvalue weighted by molar-refractivity contribution is -0.137. The summed E-state index contributed by atoms with van der Waals surface area (Å²) in [6.07, 6.45) is -2.37. The van der Waals surface area contributed by atoms with Gasteiger partial charge in [-0.3, -0.25) is 4.79 Å². The first kappa shape index (κ1) is 29.4. The average molecular weight is 578 g/mol. The Morgan fingerprint density at radius 2 is 1.80 bits per heavy atom. The van der Waals surface area contributed by atoms with E-state index in [-0.39, 0.29) is 29.4 Å². The maximum Gasteiger partial charge on any atom is 0.416 e. The van der Waals surface area contributed by atoms with Crippen molar-refractivity contribution in [2.24, 2.45) is 0 Å². The summed E-state index contributed by atoms with van der Waals surface area (Å²) in [7, 11) is -1.69. The molecule has 1 aliphatic rings. The van der Waals surface area contributed by atoms with Crippen LogP contribution in [-0.4, -0.2) is 32.4 Å². The van der Waals surface area contributed by atoms with Crippen LogP contribution in [0, 0.1) is 5.82 Å². The fourth-order valence-corrected chi connectivity index (χ4v) is 5.99. The van der Waals surface area contributed by atoms with Crippen LogP contribution < -0.4 is 4.74 Å². The molecule has 6 nitrogen and oxygen atoms in total. The fraction of sp³-hybridized carbons (Fsp3) is 0.276. The van der Waals surface area contributed by atoms with Gasteiger partial charge in [0.05, 0.1) is 11.6 Å². The number of nitrogens with zero attached hydrogens (tertiary/aromatic N) is 1. The van der Waals surface area contributed by atoms with E-state index in [1.54, 1.807) is 34.6 Å². The molecule has 1 aromatic heterocycles. The zero-order chi connectivity index (χ0) is 27.6. The quantitative estimate of drug-likeness (QED) is 0.227. The Hall–Kier alpha value is -3.54. The Labute approximate surface area is 230 Å². The Kier molecular flexibility index (Phi) is 9.07. The van der Waals surface area contributed by atoms with Crippen molar-refractivity contribution >= 4 is 27.7 Å². The highest BCUT2D eigenvalue weighted by atomic mass is 32.2. The maximum absolute atomic E-state index is 13.5. The molecule has 4 aromatic rings. The molecule has 0 bridgehead atoms. The molecule has 40 heavy (non-hydrogen) atoms. The molecule has 0 amide bonds. The first-order chi connectivity index (χ1) is 18.7. The molecule has 0 aliphatic carbocycles. The van der Waals surface area contributed by atoms with Crippen molar-refractivity contribution in [2.75, 3.05) is 6.54 Å². The monoisotopic (exact) mass is 577 g/mol. The molecule has 0 saturated carbocycles. The summed E-state index contributed by atoms with van der Waals surface area (Å²) >= 11 is 0. The fourth-order valence-electron chi connectivity index (χ4n) is 4.62. The predicted octanol–water partition coefficient (Wildman–Crippen LogP) is 6.03. The molecule has 0 radical (unpaired) electrons. The highest BCUT2D eigenvalue weighted by Gasteiger charge is 2.35. The van der Waals surface area contributed by atoms with Crippen molar-refractivity contribution < 1.29 is 41.2 Å². The van der Waals surface area contributed by atoms with Crippen molar-refractivity contribution in [1.82, 2.24) is 4.31 Å². The number of hydrogen-bond donors (Lipinski definition) is 0. The van der Waals surface area contributed by atoms with Gasteiger partial charge in [0.15, 0.2) is 16.8 Å². The summed E-state index contributed by atoms with van der Waals surface area (Å²) < 4.78 is 78.0. The third-order valence-electron chi connectivity index (χ3n) is 6.67. The number of carbonyl (C=O) groups is 1. The molecule has 11 heteroatoms. The molecule has 212 valence electrons. The largest absolute Gasteiger partial charge is 0.489 e. The number of Topliss-reactive ketones (excluding diaryl/α,β-unsaturated/α-hetero) is 1. The topological polar surface area (TPSA) is 91.2 Å². The number of halogens is 4. The van der Waals surface area contributed by atoms with E-state index in [2.05, 4.69) is 0 Å². The van der Waals surface area contributed by atoms with Crippen LogP contribution in [0.25, 0.3) is 11.0 Å². The normalized spacial score (nSPS) is 16.6. The van der Waals surface area contributed by atoms with Crippen LogP contribution in [-0.2, 0) is 35.0 Å². The van der Waals surface area contributed by atoms with Gasteiger partial charge >= 0.3 is 6.18 Å². The number of benzene rings is 3. The average Bonchev–Trinajstić information content (AvgIpc) is 3.57. The van der Waals surface area contributed by atoms with Crippen LogP contribution in [0.5, 0.6) is 5.75 Å². The summed E-state index contributed by atoms with van der Waals surface area (Å²) in [6, 6.07) is 17.2. The van der Waals surface area contributed by atoms with Crippen molar-refractivity contribution in [3.63, 3.8) is 0 Å². The van der Waals surface area contributed by atoms with Gasteiger partial charge in [-0.05, 0) is 66.8 Å². The van der Waals surface area contributed by atoms with Gasteiger partial charge in [-0.2, -0.15) is 13.2 Å². The van der Waals surface area contributed by atoms with E-state index in [0.29, 0.717) is 41.7 Å². The number of hydrogen-bond acceptors (Lipinski definition) is 4. The van der Waals surface area contributed by atoms with E-state index in [9.17, 15) is 26.6 Å². The van der Waals surface area contributed by atoms with Crippen molar-refractivity contribution in [3.8, 4) is 5.75 Å². The first-order valence-corrected chi connectivity index (χ1v) is 13.6. The van der Waals surface area contributed by atoms with Gasteiger partial charge in [0.25, 0.3) is 0 Å². The maximum atomic E-state index is 13.5. The molecule has 0 spiro atoms. The lowest BCUT2D eigenvalue weighted by Gasteiger charge is -2.21. The second-order valence-corrected chi connectivity index (χ2v) is 10.8. The molecule has 5 rings (SSSR count). The van der Waals surface area contributed by atoms with Crippen LogP contribution in [0.4, 0.5) is 17.6 Å². The van der Waals surface area contributed by atoms with E-state index in [1.807, 2.05) is 6.07 Å². The third-order valence-corrected chi connectivity index (χ3v) is 8.07. The van der Waals surface area contributed by atoms with E-state index < -0.39 is 34.6 Å². The molecule has 1 fully saturated rings. The minimum Gasteiger partial charge on any atom is -0.489 e. The van der Waals surface area contributed by atoms with Gasteiger partial charge in [-0.1, -0.05) is 24.3 Å². The van der Waals surface area contributed by atoms with Gasteiger partial charge in [0, 0.05) is 30.5 Å². The minimum atomic E-state index is -4.39. The Balaban J connectivity index is 0.00000370. The molecular weight excluding hydrogens is 550 g/mol. The van der Waals surface area contributed by atoms with E-state index in [0.717, 1.165) is 24.1 Å². The van der Waals surface area contributed by atoms with Crippen LogP contribution in [0.3, 0.4) is 0 Å². The lowest BCUT2D eigenvalue weighted by atomic mass is 10.0. The number of furan rings is 1. The summed E-state index contributed by atoms with van der Waals surface area (Å²) in [5, 5.41) is 0.829. The first-order valence-electron chi connectivity index (χ1n) is 12.5. The van der Waals surface area contributed by atoms with Crippen LogP contribution in [0.15, 0.2) is 82.3 Å². The molecule has 2 N–H and O–H groups in total. The highest BCUT2D eigenvalue weighted by molar-refractivity contribution is 7.82. The van der Waals surface area contributed by atoms with Gasteiger partial charge in [0.1, 0.15) is 23.8 Å². The smallest absolute Gasteiger partial charge is 0.416 e. The Bertz CT molecular complexity index is 1500. The van der Waals surface area contributed by atoms with Crippen LogP contribution in [0.1, 0.15) is 36.0 Å². The predicted molar refractivity (Wildman–Crippen MR) is 141 cm³/mol. The van der Waals surface area contributed by atoms with Gasteiger partial charge < -0.3 is 14.6 Å². The molecule has 2 atom stereocenters. The van der Waals surface area contributed by atoms with E-state index in [4.69, 9.17) is 9.15 Å². The minimum absolute atomic E-state index is 0. The highest BCUT2D eigenvalue weighted by Crippen LogP contribution is 2.30. The number of ether oxygens (including phenoxy) is 1. The third kappa shape index (κ3) is 6.78. The molecule has 1 saturated heterocycles. The van der Waals surface area contributed by atoms with Gasteiger partial charge in [0.2, 0.25) is 5.09 Å². The number of alkyl halides is 3. The van der Waals surface area contributed by atoms with Crippen molar-refractivity contribution in [2.45, 2.75) is 49.6 Å². The Morgan fingerprint density at radius 3 is 2.55 bits per heavy atom. The lowest BCUT2D eigenvalue weighted by Crippen LogP contribution is -2.37. The molecule has 2 heterocycles. The SMILES string of the molecule is O.O=C(CCc1cccc(OCc2ccc(C(F)(F)F)cc2)c1)[C@@H]1CCCN1S(=O)c1cc2ccc(F)cc2o1. The van der Waals surface area contributed by atoms with E-state index >= 15 is 0 Å². The summed E-state index contributed by atoms with van der Waals surface area (Å²) in [4.78, 5) is 13.1. The molecule has 1 unspecified atom stereocenters. The number of rotatable bonds is 9. The second-order valence-electron chi connectivity index (χ2n) is 9.39. The van der Waals surface area contributed by atoms with Crippen LogP contribution >= 0.6 is 0 Å². The summed E-state index contributed by atoms with van der Waals surface area (Å²) in [5.41, 5.74) is 1.07. The Morgan fingerprint density at radius 1 is 1.02 bits per heavy atom. The molecule has 3 aromatic carbocycles. The zero-order valence-corrected chi connectivity index (χ0v) is 22.1. The van der Waals surface area contributed by atoms with Gasteiger partial charge in [-0.25, -0.2) is 12.9 Å². The zero-order valence-electron chi connectivity index (χ0n) is 21.2. The number of aryl methyl sites for hydroxylation is 1. The van der Waals surface area contributed by atoms with Crippen molar-refractivity contribution in [1.29, 1.82) is 0 Å². The summed E-state index contributed by atoms with van der Waals surface area (Å²) in [6.45, 7) is 0.597. The standard InChI is InChI=1S/C29H25F4NO4S.H2O/c30-23-12-9-21-16-28(38-27(21)17-23)39(36)34-14-2-5-25(34)26(35)13-8-19-3-1-4-24(15-19)37-18-20-6-10-22(11-7-20)29(31,32)33;/h1,3-4,6-7,9-12,15-17,25H,2,5,8,13-14,18H2;1H2/t25-,39?;/m0./s1. The number of fused-ring (bicyclic) bond motifs is 1. The number of ketones is 1. The van der Waals surface area contributed by atoms with E-state index in [1.165, 1.54) is 24.3 Å². The summed E-state index contributed by atoms with van der Waals surface area (Å²) in [5.74, 6) is 0.0707. The molecule has 1 aliphatic heterocycles. The number of carbonyl (C=O) groups excluding carboxylic acids is 1. The van der Waals surface area contributed by atoms with Gasteiger partial charge in [-0.15, -0.1) is 0 Å². The molecular formula is C29H27F4NO5S. The van der Waals surface area contributed by atoms with Crippen LogP contribution in [0.2, 0.25) is 0 Å². The van der Waals surface area contributed by atoms with Crippen molar-refractivity contribution in [3.05, 3.63) is 95.3 Å². The second kappa shape index (κ2) is 12.3.